The second kappa shape index (κ2) is 14.2. The number of hydrogen-bond donors (Lipinski definition) is 1. The molecule has 2 atom stereocenters. The Labute approximate surface area is 297 Å². The molecular weight excluding hydrogens is 647 g/mol. The van der Waals surface area contributed by atoms with Crippen molar-refractivity contribution in [1.82, 2.24) is 24.6 Å². The minimum Gasteiger partial charge on any atom is -0.475 e. The standard InChI is InChI=1S/C39H43N7O3S/c1-25(2)49-34-12-10-31(23-40-34)36-33-20-32(11-9-30(33)22-41-36)43-38(48)39(50-4)16-13-26(21-39)19-35(47)46-17-14-28(15-18-46)27-5-7-29(8-6-27)37-42-24-45(3)44-37/h5-12,14,20,23-26H,13,15-19,21-22H2,1-4H3,(H,43,48)/t26?,39-/m0/s1. The van der Waals surface area contributed by atoms with Crippen LogP contribution < -0.4 is 10.1 Å². The highest BCUT2D eigenvalue weighted by Gasteiger charge is 2.45. The summed E-state index contributed by atoms with van der Waals surface area (Å²) in [5.74, 6) is 1.64. The summed E-state index contributed by atoms with van der Waals surface area (Å²) < 4.78 is 6.83. The van der Waals surface area contributed by atoms with Crippen LogP contribution in [0.2, 0.25) is 0 Å². The smallest absolute Gasteiger partial charge is 0.240 e. The minimum absolute atomic E-state index is 0.00336. The van der Waals surface area contributed by atoms with Gasteiger partial charge in [0.25, 0.3) is 0 Å². The van der Waals surface area contributed by atoms with Crippen LogP contribution in [-0.2, 0) is 23.2 Å². The van der Waals surface area contributed by atoms with Crippen molar-refractivity contribution in [2.24, 2.45) is 18.0 Å². The van der Waals surface area contributed by atoms with Gasteiger partial charge in [0.15, 0.2) is 5.82 Å². The van der Waals surface area contributed by atoms with E-state index in [1.165, 1.54) is 5.57 Å². The number of thioether (sulfide) groups is 1. The van der Waals surface area contributed by atoms with E-state index in [2.05, 4.69) is 50.7 Å². The lowest BCUT2D eigenvalue weighted by Gasteiger charge is -2.29. The monoisotopic (exact) mass is 689 g/mol. The van der Waals surface area contributed by atoms with E-state index in [4.69, 9.17) is 9.73 Å². The maximum absolute atomic E-state index is 13.9. The number of rotatable bonds is 10. The van der Waals surface area contributed by atoms with Gasteiger partial charge in [-0.1, -0.05) is 36.4 Å². The fraction of sp³-hybridized carbons (Fsp3) is 0.385. The zero-order chi connectivity index (χ0) is 34.8. The lowest BCUT2D eigenvalue weighted by Crippen LogP contribution is -2.38. The summed E-state index contributed by atoms with van der Waals surface area (Å²) in [6.45, 7) is 5.85. The number of aliphatic imine (C=N–C) groups is 1. The van der Waals surface area contributed by atoms with Gasteiger partial charge in [0.2, 0.25) is 17.7 Å². The van der Waals surface area contributed by atoms with E-state index in [-0.39, 0.29) is 23.8 Å². The molecule has 258 valence electrons. The summed E-state index contributed by atoms with van der Waals surface area (Å²) in [5.41, 5.74) is 8.07. The number of carbonyl (C=O) groups excluding carboxylic acids is 2. The Kier molecular flexibility index (Phi) is 9.59. The Balaban J connectivity index is 0.942. The molecule has 3 aliphatic rings. The fourth-order valence-electron chi connectivity index (χ4n) is 7.19. The number of aryl methyl sites for hydroxylation is 1. The van der Waals surface area contributed by atoms with E-state index < -0.39 is 4.75 Å². The van der Waals surface area contributed by atoms with Crippen LogP contribution in [-0.4, -0.2) is 72.4 Å². The molecule has 2 aliphatic heterocycles. The molecule has 11 heteroatoms. The predicted molar refractivity (Wildman–Crippen MR) is 198 cm³/mol. The van der Waals surface area contributed by atoms with Crippen molar-refractivity contribution < 1.29 is 14.3 Å². The topological polar surface area (TPSA) is 115 Å². The Morgan fingerprint density at radius 2 is 1.86 bits per heavy atom. The first-order valence-corrected chi connectivity index (χ1v) is 18.5. The number of pyridine rings is 1. The van der Waals surface area contributed by atoms with E-state index in [0.717, 1.165) is 58.5 Å². The van der Waals surface area contributed by atoms with Gasteiger partial charge < -0.3 is 15.0 Å². The van der Waals surface area contributed by atoms with Gasteiger partial charge in [-0.3, -0.25) is 19.3 Å². The Morgan fingerprint density at radius 3 is 2.54 bits per heavy atom. The molecule has 1 N–H and O–H groups in total. The largest absolute Gasteiger partial charge is 0.475 e. The molecule has 1 fully saturated rings. The Morgan fingerprint density at radius 1 is 1.06 bits per heavy atom. The second-order valence-electron chi connectivity index (χ2n) is 13.7. The third-order valence-electron chi connectivity index (χ3n) is 9.91. The number of benzene rings is 2. The Hall–Kier alpha value is -4.77. The molecular formula is C39H43N7O3S. The van der Waals surface area contributed by atoms with Crippen molar-refractivity contribution in [1.29, 1.82) is 0 Å². The van der Waals surface area contributed by atoms with E-state index in [0.29, 0.717) is 44.2 Å². The van der Waals surface area contributed by atoms with Crippen LogP contribution in [0.3, 0.4) is 0 Å². The van der Waals surface area contributed by atoms with Gasteiger partial charge in [-0.05, 0) is 86.6 Å². The highest BCUT2D eigenvalue weighted by Crippen LogP contribution is 2.46. The summed E-state index contributed by atoms with van der Waals surface area (Å²) in [4.78, 5) is 42.8. The summed E-state index contributed by atoms with van der Waals surface area (Å²) in [6.07, 6.45) is 11.3. The molecule has 2 aromatic carbocycles. The molecule has 0 spiro atoms. The van der Waals surface area contributed by atoms with Gasteiger partial charge >= 0.3 is 0 Å². The van der Waals surface area contributed by atoms with Crippen molar-refractivity contribution in [3.8, 4) is 17.3 Å². The van der Waals surface area contributed by atoms with Gasteiger partial charge in [0.05, 0.1) is 23.1 Å². The van der Waals surface area contributed by atoms with Crippen LogP contribution in [0, 0.1) is 5.92 Å². The molecule has 4 heterocycles. The fourth-order valence-corrected chi connectivity index (χ4v) is 8.15. The number of carbonyl (C=O) groups is 2. The van der Waals surface area contributed by atoms with E-state index in [1.807, 2.05) is 62.4 Å². The molecule has 0 saturated heterocycles. The van der Waals surface area contributed by atoms with Gasteiger partial charge in [0, 0.05) is 61.2 Å². The lowest BCUT2D eigenvalue weighted by molar-refractivity contribution is -0.131. The first-order valence-electron chi connectivity index (χ1n) is 17.3. The third kappa shape index (κ3) is 7.10. The molecule has 1 unspecified atom stereocenters. The summed E-state index contributed by atoms with van der Waals surface area (Å²) in [5, 5.41) is 7.60. The minimum atomic E-state index is -0.566. The Bertz CT molecular complexity index is 1950. The van der Waals surface area contributed by atoms with Crippen LogP contribution in [0.15, 0.2) is 78.2 Å². The molecule has 50 heavy (non-hydrogen) atoms. The predicted octanol–water partition coefficient (Wildman–Crippen LogP) is 6.56. The van der Waals surface area contributed by atoms with Crippen LogP contribution >= 0.6 is 11.8 Å². The molecule has 1 saturated carbocycles. The first kappa shape index (κ1) is 33.7. The molecule has 2 aromatic heterocycles. The molecule has 1 aliphatic carbocycles. The normalized spacial score (nSPS) is 20.0. The van der Waals surface area contributed by atoms with Gasteiger partial charge in [0.1, 0.15) is 6.33 Å². The molecule has 0 radical (unpaired) electrons. The maximum Gasteiger partial charge on any atom is 0.240 e. The number of aromatic nitrogens is 4. The summed E-state index contributed by atoms with van der Waals surface area (Å²) >= 11 is 1.60. The number of hydrogen-bond acceptors (Lipinski definition) is 8. The number of fused-ring (bicyclic) bond motifs is 1. The highest BCUT2D eigenvalue weighted by atomic mass is 32.2. The van der Waals surface area contributed by atoms with Gasteiger partial charge in [-0.2, -0.15) is 5.10 Å². The molecule has 2 amide bonds. The zero-order valence-corrected chi connectivity index (χ0v) is 29.9. The number of ether oxygens (including phenoxy) is 1. The van der Waals surface area contributed by atoms with E-state index in [1.54, 1.807) is 29.0 Å². The second-order valence-corrected chi connectivity index (χ2v) is 14.9. The van der Waals surface area contributed by atoms with E-state index in [9.17, 15) is 9.59 Å². The molecule has 10 nitrogen and oxygen atoms in total. The van der Waals surface area contributed by atoms with Crippen LogP contribution in [0.25, 0.3) is 17.0 Å². The van der Waals surface area contributed by atoms with Crippen LogP contribution in [0.1, 0.15) is 68.2 Å². The summed E-state index contributed by atoms with van der Waals surface area (Å²) in [7, 11) is 1.86. The SMILES string of the molecule is CS[C@@]1(C(=O)Nc2ccc3c(c2)C(c2ccc(OC(C)C)nc2)=NC3)CCC(CC(=O)N2CC=C(c3ccc(-c4ncn(C)n4)cc3)CC2)C1. The van der Waals surface area contributed by atoms with Gasteiger partial charge in [-0.25, -0.2) is 9.97 Å². The number of amides is 2. The number of nitrogens with zero attached hydrogens (tertiary/aromatic N) is 6. The van der Waals surface area contributed by atoms with Crippen LogP contribution in [0.5, 0.6) is 5.88 Å². The number of nitrogens with one attached hydrogen (secondary N) is 1. The van der Waals surface area contributed by atoms with Crippen molar-refractivity contribution in [3.63, 3.8) is 0 Å². The van der Waals surface area contributed by atoms with Crippen molar-refractivity contribution in [2.75, 3.05) is 24.7 Å². The van der Waals surface area contributed by atoms with Crippen molar-refractivity contribution in [3.05, 3.63) is 95.5 Å². The number of anilines is 1. The van der Waals surface area contributed by atoms with Crippen molar-refractivity contribution >= 4 is 40.5 Å². The maximum atomic E-state index is 13.9. The first-order chi connectivity index (χ1) is 24.2. The highest BCUT2D eigenvalue weighted by molar-refractivity contribution is 8.00. The summed E-state index contributed by atoms with van der Waals surface area (Å²) in [6, 6.07) is 18.2. The molecule has 4 aromatic rings. The zero-order valence-electron chi connectivity index (χ0n) is 29.1. The average molecular weight is 690 g/mol. The quantitative estimate of drug-likeness (QED) is 0.201. The average Bonchev–Trinajstić information content (AvgIpc) is 3.87. The molecule has 7 rings (SSSR count). The van der Waals surface area contributed by atoms with Crippen molar-refractivity contribution in [2.45, 2.75) is 63.3 Å². The lowest BCUT2D eigenvalue weighted by atomic mass is 9.96. The third-order valence-corrected chi connectivity index (χ3v) is 11.3. The molecule has 0 bridgehead atoms. The van der Waals surface area contributed by atoms with E-state index >= 15 is 0 Å². The van der Waals surface area contributed by atoms with Gasteiger partial charge in [-0.15, -0.1) is 11.8 Å². The van der Waals surface area contributed by atoms with Crippen LogP contribution in [0.4, 0.5) is 5.69 Å².